The molecule has 1 aliphatic rings. The Morgan fingerprint density at radius 1 is 1.50 bits per heavy atom. The SMILES string of the molecule is CC(=O)N[C@@H]1CCCC[C@@H]1CO. The van der Waals surface area contributed by atoms with Gasteiger partial charge in [0.05, 0.1) is 0 Å². The lowest BCUT2D eigenvalue weighted by Gasteiger charge is -2.30. The number of carbonyl (C=O) groups excluding carboxylic acids is 1. The van der Waals surface area contributed by atoms with Crippen LogP contribution in [-0.2, 0) is 4.79 Å². The van der Waals surface area contributed by atoms with Gasteiger partial charge in [-0.15, -0.1) is 0 Å². The molecule has 0 aromatic carbocycles. The first kappa shape index (κ1) is 9.52. The van der Waals surface area contributed by atoms with Gasteiger partial charge in [0, 0.05) is 25.5 Å². The highest BCUT2D eigenvalue weighted by molar-refractivity contribution is 5.73. The number of amides is 1. The van der Waals surface area contributed by atoms with E-state index in [1.54, 1.807) is 0 Å². The molecule has 3 heteroatoms. The normalized spacial score (nSPS) is 29.8. The Balaban J connectivity index is 2.41. The van der Waals surface area contributed by atoms with Crippen LogP contribution in [0.4, 0.5) is 0 Å². The van der Waals surface area contributed by atoms with Crippen LogP contribution in [0.5, 0.6) is 0 Å². The van der Waals surface area contributed by atoms with Gasteiger partial charge in [-0.25, -0.2) is 0 Å². The Labute approximate surface area is 73.2 Å². The van der Waals surface area contributed by atoms with Crippen LogP contribution < -0.4 is 5.32 Å². The van der Waals surface area contributed by atoms with Crippen molar-refractivity contribution in [1.82, 2.24) is 5.32 Å². The Hall–Kier alpha value is -0.570. The zero-order valence-electron chi connectivity index (χ0n) is 7.55. The first-order valence-electron chi connectivity index (χ1n) is 4.62. The summed E-state index contributed by atoms with van der Waals surface area (Å²) in [6.45, 7) is 1.73. The third kappa shape index (κ3) is 2.48. The molecule has 0 spiro atoms. The summed E-state index contributed by atoms with van der Waals surface area (Å²) in [4.78, 5) is 10.8. The fourth-order valence-electron chi connectivity index (χ4n) is 1.88. The number of hydrogen-bond acceptors (Lipinski definition) is 2. The molecule has 0 heterocycles. The number of carbonyl (C=O) groups is 1. The average molecular weight is 171 g/mol. The monoisotopic (exact) mass is 171 g/mol. The van der Waals surface area contributed by atoms with Crippen LogP contribution in [0, 0.1) is 5.92 Å². The number of aliphatic hydroxyl groups is 1. The molecule has 2 N–H and O–H groups in total. The minimum atomic E-state index is 0.0142. The molecule has 3 nitrogen and oxygen atoms in total. The molecular formula is C9H17NO2. The van der Waals surface area contributed by atoms with Crippen molar-refractivity contribution in [3.8, 4) is 0 Å². The van der Waals surface area contributed by atoms with E-state index in [0.717, 1.165) is 12.8 Å². The van der Waals surface area contributed by atoms with Gasteiger partial charge in [0.1, 0.15) is 0 Å². The lowest BCUT2D eigenvalue weighted by atomic mass is 9.85. The van der Waals surface area contributed by atoms with Crippen molar-refractivity contribution in [2.45, 2.75) is 38.6 Å². The molecule has 1 aliphatic carbocycles. The fraction of sp³-hybridized carbons (Fsp3) is 0.889. The van der Waals surface area contributed by atoms with E-state index in [-0.39, 0.29) is 24.5 Å². The van der Waals surface area contributed by atoms with E-state index >= 15 is 0 Å². The van der Waals surface area contributed by atoms with Crippen molar-refractivity contribution in [2.75, 3.05) is 6.61 Å². The summed E-state index contributed by atoms with van der Waals surface area (Å²) in [5.41, 5.74) is 0. The van der Waals surface area contributed by atoms with E-state index in [4.69, 9.17) is 5.11 Å². The zero-order chi connectivity index (χ0) is 8.97. The van der Waals surface area contributed by atoms with Gasteiger partial charge in [-0.05, 0) is 12.8 Å². The predicted molar refractivity (Wildman–Crippen MR) is 46.6 cm³/mol. The lowest BCUT2D eigenvalue weighted by Crippen LogP contribution is -2.42. The zero-order valence-corrected chi connectivity index (χ0v) is 7.55. The summed E-state index contributed by atoms with van der Waals surface area (Å²) in [5.74, 6) is 0.294. The molecule has 0 aliphatic heterocycles. The summed E-state index contributed by atoms with van der Waals surface area (Å²) in [6.07, 6.45) is 4.41. The van der Waals surface area contributed by atoms with Crippen molar-refractivity contribution in [2.24, 2.45) is 5.92 Å². The van der Waals surface area contributed by atoms with Crippen molar-refractivity contribution in [3.05, 3.63) is 0 Å². The fourth-order valence-corrected chi connectivity index (χ4v) is 1.88. The van der Waals surface area contributed by atoms with Crippen LogP contribution >= 0.6 is 0 Å². The predicted octanol–water partition coefficient (Wildman–Crippen LogP) is 0.674. The molecule has 1 amide bonds. The minimum Gasteiger partial charge on any atom is -0.396 e. The molecule has 70 valence electrons. The van der Waals surface area contributed by atoms with E-state index in [1.807, 2.05) is 0 Å². The summed E-state index contributed by atoms with van der Waals surface area (Å²) in [5, 5.41) is 11.9. The molecule has 1 saturated carbocycles. The van der Waals surface area contributed by atoms with Crippen LogP contribution in [0.25, 0.3) is 0 Å². The maximum atomic E-state index is 10.8. The van der Waals surface area contributed by atoms with Gasteiger partial charge >= 0.3 is 0 Å². The highest BCUT2D eigenvalue weighted by Gasteiger charge is 2.24. The Kier molecular flexibility index (Phi) is 3.53. The first-order valence-corrected chi connectivity index (χ1v) is 4.62. The van der Waals surface area contributed by atoms with E-state index < -0.39 is 0 Å². The molecule has 1 fully saturated rings. The summed E-state index contributed by atoms with van der Waals surface area (Å²) in [7, 11) is 0. The molecule has 0 radical (unpaired) electrons. The number of hydrogen-bond donors (Lipinski definition) is 2. The lowest BCUT2D eigenvalue weighted by molar-refractivity contribution is -0.120. The Morgan fingerprint density at radius 3 is 2.75 bits per heavy atom. The van der Waals surface area contributed by atoms with E-state index in [1.165, 1.54) is 19.8 Å². The average Bonchev–Trinajstić information content (AvgIpc) is 2.04. The van der Waals surface area contributed by atoms with Crippen LogP contribution in [0.3, 0.4) is 0 Å². The second-order valence-electron chi connectivity index (χ2n) is 3.53. The highest BCUT2D eigenvalue weighted by atomic mass is 16.3. The van der Waals surface area contributed by atoms with Crippen molar-refractivity contribution < 1.29 is 9.90 Å². The number of rotatable bonds is 2. The quantitative estimate of drug-likeness (QED) is 0.641. The van der Waals surface area contributed by atoms with Gasteiger partial charge in [0.15, 0.2) is 0 Å². The van der Waals surface area contributed by atoms with Crippen LogP contribution in [0.2, 0.25) is 0 Å². The smallest absolute Gasteiger partial charge is 0.217 e. The topological polar surface area (TPSA) is 49.3 Å². The molecule has 0 aromatic rings. The summed E-state index contributed by atoms with van der Waals surface area (Å²) >= 11 is 0. The molecule has 2 atom stereocenters. The van der Waals surface area contributed by atoms with Crippen LogP contribution in [-0.4, -0.2) is 23.7 Å². The van der Waals surface area contributed by atoms with Gasteiger partial charge in [-0.3, -0.25) is 4.79 Å². The van der Waals surface area contributed by atoms with Crippen LogP contribution in [0.15, 0.2) is 0 Å². The third-order valence-electron chi connectivity index (χ3n) is 2.53. The standard InChI is InChI=1S/C9H17NO2/c1-7(12)10-9-5-3-2-4-8(9)6-11/h8-9,11H,2-6H2,1H3,(H,10,12)/t8-,9-/m1/s1. The number of aliphatic hydroxyl groups excluding tert-OH is 1. The second kappa shape index (κ2) is 4.45. The molecule has 1 rings (SSSR count). The van der Waals surface area contributed by atoms with E-state index in [0.29, 0.717) is 0 Å². The molecular weight excluding hydrogens is 154 g/mol. The maximum Gasteiger partial charge on any atom is 0.217 e. The van der Waals surface area contributed by atoms with Crippen molar-refractivity contribution in [3.63, 3.8) is 0 Å². The molecule has 0 unspecified atom stereocenters. The second-order valence-corrected chi connectivity index (χ2v) is 3.53. The third-order valence-corrected chi connectivity index (χ3v) is 2.53. The maximum absolute atomic E-state index is 10.8. The molecule has 0 aromatic heterocycles. The number of nitrogens with one attached hydrogen (secondary N) is 1. The summed E-state index contributed by atoms with van der Waals surface area (Å²) < 4.78 is 0. The van der Waals surface area contributed by atoms with Crippen molar-refractivity contribution in [1.29, 1.82) is 0 Å². The van der Waals surface area contributed by atoms with Crippen molar-refractivity contribution >= 4 is 5.91 Å². The van der Waals surface area contributed by atoms with Gasteiger partial charge in [0.25, 0.3) is 0 Å². The molecule has 0 saturated heterocycles. The van der Waals surface area contributed by atoms with Crippen LogP contribution in [0.1, 0.15) is 32.6 Å². The minimum absolute atomic E-state index is 0.0142. The molecule has 0 bridgehead atoms. The van der Waals surface area contributed by atoms with E-state index in [9.17, 15) is 4.79 Å². The highest BCUT2D eigenvalue weighted by Crippen LogP contribution is 2.23. The van der Waals surface area contributed by atoms with Gasteiger partial charge in [0.2, 0.25) is 5.91 Å². The summed E-state index contributed by atoms with van der Waals surface area (Å²) in [6, 6.07) is 0.209. The van der Waals surface area contributed by atoms with Gasteiger partial charge in [-0.1, -0.05) is 12.8 Å². The largest absolute Gasteiger partial charge is 0.396 e. The van der Waals surface area contributed by atoms with Gasteiger partial charge < -0.3 is 10.4 Å². The first-order chi connectivity index (χ1) is 5.74. The molecule has 12 heavy (non-hydrogen) atoms. The van der Waals surface area contributed by atoms with E-state index in [2.05, 4.69) is 5.32 Å². The van der Waals surface area contributed by atoms with Gasteiger partial charge in [-0.2, -0.15) is 0 Å². The Bertz CT molecular complexity index is 159. The Morgan fingerprint density at radius 2 is 2.17 bits per heavy atom.